The molecule has 0 spiro atoms. The Morgan fingerprint density at radius 2 is 1.25 bits per heavy atom. The third-order valence-electron chi connectivity index (χ3n) is 6.95. The van der Waals surface area contributed by atoms with Crippen molar-refractivity contribution in [3.05, 3.63) is 60.2 Å². The molecule has 190 valence electrons. The number of aliphatic hydroxyl groups excluding tert-OH is 1. The molecule has 0 unspecified atom stereocenters. The van der Waals surface area contributed by atoms with Gasteiger partial charge in [0.1, 0.15) is 28.6 Å². The number of anilines is 2. The van der Waals surface area contributed by atoms with Gasteiger partial charge in [-0.15, -0.1) is 0 Å². The Kier molecular flexibility index (Phi) is 7.17. The first-order valence-electron chi connectivity index (χ1n) is 12.4. The number of aliphatic hydroxyl groups is 1. The van der Waals surface area contributed by atoms with Crippen LogP contribution < -0.4 is 9.80 Å². The fourth-order valence-electron chi connectivity index (χ4n) is 4.78. The number of pyridine rings is 2. The second kappa shape index (κ2) is 10.7. The number of carbonyl (C=O) groups is 1. The summed E-state index contributed by atoms with van der Waals surface area (Å²) in [5, 5.41) is 9.18. The second-order valence-corrected chi connectivity index (χ2v) is 9.48. The van der Waals surface area contributed by atoms with Crippen LogP contribution in [0.2, 0.25) is 0 Å². The third-order valence-corrected chi connectivity index (χ3v) is 6.95. The van der Waals surface area contributed by atoms with Crippen LogP contribution in [0.25, 0.3) is 11.3 Å². The molecule has 1 N–H and O–H groups in total. The molecule has 36 heavy (non-hydrogen) atoms. The van der Waals surface area contributed by atoms with Crippen molar-refractivity contribution >= 4 is 29.2 Å². The number of aromatic nitrogens is 4. The Morgan fingerprint density at radius 3 is 1.75 bits per heavy atom. The third kappa shape index (κ3) is 5.06. The van der Waals surface area contributed by atoms with Crippen LogP contribution in [0.3, 0.4) is 0 Å². The summed E-state index contributed by atoms with van der Waals surface area (Å²) in [5.41, 5.74) is 2.93. The van der Waals surface area contributed by atoms with Gasteiger partial charge < -0.3 is 24.7 Å². The first-order chi connectivity index (χ1) is 17.6. The molecule has 10 nitrogen and oxygen atoms in total. The van der Waals surface area contributed by atoms with Crippen molar-refractivity contribution in [2.75, 3.05) is 76.3 Å². The van der Waals surface area contributed by atoms with Crippen molar-refractivity contribution < 1.29 is 9.90 Å². The predicted octanol–water partition coefficient (Wildman–Crippen LogP) is 1.48. The van der Waals surface area contributed by atoms with Crippen LogP contribution in [-0.2, 0) is 6.61 Å². The highest BCUT2D eigenvalue weighted by molar-refractivity contribution is 5.74. The van der Waals surface area contributed by atoms with Crippen molar-refractivity contribution in [2.24, 2.45) is 0 Å². The zero-order valence-corrected chi connectivity index (χ0v) is 21.0. The number of hydrogen-bond donors (Lipinski definition) is 1. The predicted molar refractivity (Wildman–Crippen MR) is 141 cm³/mol. The van der Waals surface area contributed by atoms with Gasteiger partial charge in [-0.05, 0) is 38.4 Å². The number of rotatable bonds is 4. The Hall–Kier alpha value is -3.47. The number of likely N-dealkylation sites (N-methyl/N-ethyl adjacent to an activating group) is 2. The van der Waals surface area contributed by atoms with Gasteiger partial charge in [0.2, 0.25) is 0 Å². The summed E-state index contributed by atoms with van der Waals surface area (Å²) >= 11 is 0. The molecule has 2 aliphatic rings. The van der Waals surface area contributed by atoms with Gasteiger partial charge in [0.05, 0.1) is 12.3 Å². The summed E-state index contributed by atoms with van der Waals surface area (Å²) in [6.45, 7) is 8.34. The van der Waals surface area contributed by atoms with E-state index >= 15 is 0 Å². The van der Waals surface area contributed by atoms with E-state index in [0.717, 1.165) is 87.3 Å². The van der Waals surface area contributed by atoms with Gasteiger partial charge in [-0.2, -0.15) is 0 Å². The molecule has 2 fully saturated rings. The van der Waals surface area contributed by atoms with Crippen LogP contribution in [0.5, 0.6) is 0 Å². The Labute approximate surface area is 211 Å². The molecule has 10 heteroatoms. The number of hydrogen-bond acceptors (Lipinski definition) is 8. The summed E-state index contributed by atoms with van der Waals surface area (Å²) in [5.74, 6) is 2.27. The molecule has 6 rings (SSSR count). The average Bonchev–Trinajstić information content (AvgIpc) is 3.54. The Bertz CT molecular complexity index is 1320. The van der Waals surface area contributed by atoms with Crippen LogP contribution >= 0.6 is 0 Å². The number of nitrogens with zero attached hydrogens (tertiary/aromatic N) is 8. The van der Waals surface area contributed by atoms with Crippen molar-refractivity contribution in [1.29, 1.82) is 0 Å². The van der Waals surface area contributed by atoms with E-state index < -0.39 is 0 Å². The first-order valence-corrected chi connectivity index (χ1v) is 12.4. The minimum Gasteiger partial charge on any atom is -0.390 e. The highest BCUT2D eigenvalue weighted by Gasteiger charge is 2.18. The zero-order valence-electron chi connectivity index (χ0n) is 21.0. The van der Waals surface area contributed by atoms with Crippen LogP contribution in [0, 0.1) is 0 Å². The van der Waals surface area contributed by atoms with Crippen molar-refractivity contribution in [3.63, 3.8) is 0 Å². The minimum absolute atomic E-state index is 0.0101. The maximum Gasteiger partial charge on any atom is 0.170 e. The van der Waals surface area contributed by atoms with E-state index in [4.69, 9.17) is 0 Å². The van der Waals surface area contributed by atoms with Gasteiger partial charge in [0, 0.05) is 64.8 Å². The summed E-state index contributed by atoms with van der Waals surface area (Å²) < 4.78 is 4.06. The molecule has 0 bridgehead atoms. The molecule has 2 saturated heterocycles. The largest absolute Gasteiger partial charge is 0.390 e. The minimum atomic E-state index is -0.0101. The molecular formula is C26H34N8O2. The maximum atomic E-state index is 10.8. The second-order valence-electron chi connectivity index (χ2n) is 9.48. The highest BCUT2D eigenvalue weighted by atomic mass is 16.3. The van der Waals surface area contributed by atoms with Crippen LogP contribution in [0.15, 0.2) is 48.8 Å². The normalized spacial score (nSPS) is 17.4. The number of imidazole rings is 2. The van der Waals surface area contributed by atoms with Gasteiger partial charge in [-0.1, -0.05) is 12.1 Å². The van der Waals surface area contributed by atoms with Crippen LogP contribution in [0.4, 0.5) is 11.6 Å². The Balaban J connectivity index is 0.000000148. The quantitative estimate of drug-likeness (QED) is 0.431. The van der Waals surface area contributed by atoms with Gasteiger partial charge in [0.25, 0.3) is 0 Å². The SMILES string of the molecule is CN1CCN(c2cccc3nc(C=O)cn23)CC1.CN1CCN(c2cccc3nc(CO)cn23)CC1. The summed E-state index contributed by atoms with van der Waals surface area (Å²) in [7, 11) is 4.29. The van der Waals surface area contributed by atoms with E-state index in [0.29, 0.717) is 5.69 Å². The van der Waals surface area contributed by atoms with Gasteiger partial charge in [-0.25, -0.2) is 9.97 Å². The highest BCUT2D eigenvalue weighted by Crippen LogP contribution is 2.20. The first kappa shape index (κ1) is 24.2. The lowest BCUT2D eigenvalue weighted by Crippen LogP contribution is -2.45. The lowest BCUT2D eigenvalue weighted by Gasteiger charge is -2.34. The topological polar surface area (TPSA) is 84.9 Å². The van der Waals surface area contributed by atoms with E-state index in [1.165, 1.54) is 0 Å². The van der Waals surface area contributed by atoms with Crippen LogP contribution in [-0.4, -0.2) is 106 Å². The van der Waals surface area contributed by atoms with Gasteiger partial charge in [-0.3, -0.25) is 13.6 Å². The fourth-order valence-corrected chi connectivity index (χ4v) is 4.78. The molecule has 4 aromatic heterocycles. The lowest BCUT2D eigenvalue weighted by atomic mass is 10.3. The summed E-state index contributed by atoms with van der Waals surface area (Å²) in [4.78, 5) is 28.8. The summed E-state index contributed by atoms with van der Waals surface area (Å²) in [6, 6.07) is 12.1. The van der Waals surface area contributed by atoms with Crippen molar-refractivity contribution in [2.45, 2.75) is 6.61 Å². The lowest BCUT2D eigenvalue weighted by molar-refractivity contribution is 0.111. The number of aldehydes is 1. The molecule has 0 aliphatic carbocycles. The van der Waals surface area contributed by atoms with Crippen molar-refractivity contribution in [1.82, 2.24) is 28.6 Å². The molecule has 4 aromatic rings. The molecule has 2 aliphatic heterocycles. The maximum absolute atomic E-state index is 10.8. The molecule has 0 aromatic carbocycles. The molecule has 0 saturated carbocycles. The molecule has 0 amide bonds. The molecule has 6 heterocycles. The Morgan fingerprint density at radius 1 is 0.750 bits per heavy atom. The number of fused-ring (bicyclic) bond motifs is 2. The number of piperazine rings is 2. The van der Waals surface area contributed by atoms with Gasteiger partial charge >= 0.3 is 0 Å². The van der Waals surface area contributed by atoms with E-state index in [2.05, 4.69) is 60.2 Å². The average molecular weight is 491 g/mol. The van der Waals surface area contributed by atoms with E-state index in [9.17, 15) is 9.90 Å². The van der Waals surface area contributed by atoms with E-state index in [1.54, 1.807) is 6.20 Å². The molecule has 0 atom stereocenters. The van der Waals surface area contributed by atoms with Gasteiger partial charge in [0.15, 0.2) is 6.29 Å². The molecular weight excluding hydrogens is 456 g/mol. The summed E-state index contributed by atoms with van der Waals surface area (Å²) in [6.07, 6.45) is 4.51. The number of carbonyl (C=O) groups excluding carboxylic acids is 1. The van der Waals surface area contributed by atoms with E-state index in [1.807, 2.05) is 34.9 Å². The standard InChI is InChI=1S/C13H18N4O.C13H16N4O/c2*1-15-5-7-16(8-6-15)13-4-2-3-12-14-11(10-18)9-17(12)13/h2-4,9,18H,5-8,10H2,1H3;2-4,9-10H,5-8H2,1H3. The van der Waals surface area contributed by atoms with E-state index in [-0.39, 0.29) is 6.61 Å². The molecule has 0 radical (unpaired) electrons. The smallest absolute Gasteiger partial charge is 0.170 e. The fraction of sp³-hybridized carbons (Fsp3) is 0.423. The van der Waals surface area contributed by atoms with Crippen molar-refractivity contribution in [3.8, 4) is 0 Å². The monoisotopic (exact) mass is 490 g/mol. The van der Waals surface area contributed by atoms with Crippen LogP contribution in [0.1, 0.15) is 16.2 Å². The zero-order chi connectivity index (χ0) is 25.1.